The summed E-state index contributed by atoms with van der Waals surface area (Å²) in [7, 11) is 5.91. The summed E-state index contributed by atoms with van der Waals surface area (Å²) in [5, 5.41) is 0. The summed E-state index contributed by atoms with van der Waals surface area (Å²) < 4.78 is 0. The van der Waals surface area contributed by atoms with Crippen LogP contribution in [0.3, 0.4) is 0 Å². The predicted molar refractivity (Wildman–Crippen MR) is 88.7 cm³/mol. The third kappa shape index (κ3) is 2.77. The van der Waals surface area contributed by atoms with Crippen molar-refractivity contribution in [3.63, 3.8) is 0 Å². The van der Waals surface area contributed by atoms with E-state index in [-0.39, 0.29) is 5.91 Å². The van der Waals surface area contributed by atoms with Crippen LogP contribution < -0.4 is 0 Å². The molecule has 22 heavy (non-hydrogen) atoms. The summed E-state index contributed by atoms with van der Waals surface area (Å²) in [6, 6.07) is 9.23. The number of aryl methyl sites for hydroxylation is 1. The van der Waals surface area contributed by atoms with Gasteiger partial charge >= 0.3 is 0 Å². The van der Waals surface area contributed by atoms with E-state index in [1.54, 1.807) is 4.90 Å². The second-order valence-electron chi connectivity index (χ2n) is 7.15. The molecule has 0 bridgehead atoms. The lowest BCUT2D eigenvalue weighted by Crippen LogP contribution is -2.37. The zero-order valence-electron chi connectivity index (χ0n) is 14.1. The highest BCUT2D eigenvalue weighted by molar-refractivity contribution is 5.77. The van der Waals surface area contributed by atoms with Gasteiger partial charge in [-0.2, -0.15) is 0 Å². The monoisotopic (exact) mass is 301 g/mol. The van der Waals surface area contributed by atoms with Gasteiger partial charge in [-0.1, -0.05) is 24.3 Å². The molecule has 0 unspecified atom stereocenters. The number of nitrogens with zero attached hydrogens (tertiary/aromatic N) is 3. The predicted octanol–water partition coefficient (Wildman–Crippen LogP) is 1.62. The number of hydrogen-bond donors (Lipinski definition) is 0. The molecule has 0 aliphatic carbocycles. The SMILES string of the molecule is Cc1ccccc1[C@H]1[C@@H]2CN(CC(=O)N(C)C)C[C@@H]2CN1C. The maximum absolute atomic E-state index is 12.0. The van der Waals surface area contributed by atoms with Crippen molar-refractivity contribution in [2.24, 2.45) is 11.8 Å². The van der Waals surface area contributed by atoms with Crippen molar-refractivity contribution in [2.45, 2.75) is 13.0 Å². The van der Waals surface area contributed by atoms with Crippen molar-refractivity contribution < 1.29 is 4.79 Å². The molecule has 0 aromatic heterocycles. The number of likely N-dealkylation sites (N-methyl/N-ethyl adjacent to an activating group) is 1. The second kappa shape index (κ2) is 6.01. The van der Waals surface area contributed by atoms with Gasteiger partial charge in [-0.25, -0.2) is 0 Å². The van der Waals surface area contributed by atoms with E-state index in [2.05, 4.69) is 48.0 Å². The minimum atomic E-state index is 0.209. The molecule has 2 aliphatic heterocycles. The fourth-order valence-corrected chi connectivity index (χ4v) is 4.20. The first-order valence-corrected chi connectivity index (χ1v) is 8.15. The summed E-state index contributed by atoms with van der Waals surface area (Å²) in [6.45, 7) is 5.99. The normalized spacial score (nSPS) is 28.8. The molecule has 0 spiro atoms. The molecule has 0 saturated carbocycles. The largest absolute Gasteiger partial charge is 0.348 e. The number of amides is 1. The molecule has 4 nitrogen and oxygen atoms in total. The Labute approximate surface area is 133 Å². The number of benzene rings is 1. The van der Waals surface area contributed by atoms with Gasteiger partial charge < -0.3 is 4.90 Å². The number of carbonyl (C=O) groups is 1. The molecule has 0 radical (unpaired) electrons. The van der Waals surface area contributed by atoms with Crippen LogP contribution in [0, 0.1) is 18.8 Å². The summed E-state index contributed by atoms with van der Waals surface area (Å²) in [6.07, 6.45) is 0. The average Bonchev–Trinajstić information content (AvgIpc) is 2.95. The molecule has 2 saturated heterocycles. The number of fused-ring (bicyclic) bond motifs is 1. The lowest BCUT2D eigenvalue weighted by atomic mass is 9.88. The third-order valence-corrected chi connectivity index (χ3v) is 5.33. The Kier molecular flexibility index (Phi) is 4.24. The molecular weight excluding hydrogens is 274 g/mol. The van der Waals surface area contributed by atoms with Gasteiger partial charge in [-0.15, -0.1) is 0 Å². The van der Waals surface area contributed by atoms with Gasteiger partial charge in [-0.3, -0.25) is 14.6 Å². The molecule has 3 rings (SSSR count). The minimum Gasteiger partial charge on any atom is -0.348 e. The van der Waals surface area contributed by atoms with Crippen LogP contribution in [0.5, 0.6) is 0 Å². The molecule has 0 N–H and O–H groups in total. The van der Waals surface area contributed by atoms with Crippen molar-refractivity contribution in [3.05, 3.63) is 35.4 Å². The van der Waals surface area contributed by atoms with Gasteiger partial charge in [0, 0.05) is 39.8 Å². The molecule has 1 aromatic rings. The Hall–Kier alpha value is -1.39. The molecule has 2 heterocycles. The zero-order valence-corrected chi connectivity index (χ0v) is 14.1. The summed E-state index contributed by atoms with van der Waals surface area (Å²) in [5.74, 6) is 1.53. The first kappa shape index (κ1) is 15.5. The standard InChI is InChI=1S/C18H27N3O/c1-13-7-5-6-8-15(13)18-16-11-21(12-17(22)19(2)3)10-14(16)9-20(18)4/h5-8,14,16,18H,9-12H2,1-4H3/t14-,16+,18-/m0/s1. The quantitative estimate of drug-likeness (QED) is 0.849. The molecule has 2 aliphatic rings. The summed E-state index contributed by atoms with van der Waals surface area (Å²) in [4.78, 5) is 18.5. The fraction of sp³-hybridized carbons (Fsp3) is 0.611. The lowest BCUT2D eigenvalue weighted by molar-refractivity contribution is -0.129. The van der Waals surface area contributed by atoms with Gasteiger partial charge in [0.1, 0.15) is 0 Å². The molecular formula is C18H27N3O. The van der Waals surface area contributed by atoms with E-state index in [1.165, 1.54) is 11.1 Å². The Morgan fingerprint density at radius 2 is 1.95 bits per heavy atom. The van der Waals surface area contributed by atoms with Crippen molar-refractivity contribution in [1.29, 1.82) is 0 Å². The van der Waals surface area contributed by atoms with E-state index in [0.717, 1.165) is 19.6 Å². The molecule has 120 valence electrons. The van der Waals surface area contributed by atoms with Crippen molar-refractivity contribution >= 4 is 5.91 Å². The third-order valence-electron chi connectivity index (χ3n) is 5.33. The van der Waals surface area contributed by atoms with Crippen LogP contribution in [0.1, 0.15) is 17.2 Å². The van der Waals surface area contributed by atoms with Gasteiger partial charge in [0.25, 0.3) is 0 Å². The zero-order chi connectivity index (χ0) is 15.9. The van der Waals surface area contributed by atoms with Crippen LogP contribution in [0.15, 0.2) is 24.3 Å². The molecule has 3 atom stereocenters. The van der Waals surface area contributed by atoms with E-state index in [0.29, 0.717) is 24.4 Å². The molecule has 2 fully saturated rings. The van der Waals surface area contributed by atoms with Gasteiger partial charge in [0.05, 0.1) is 6.54 Å². The van der Waals surface area contributed by atoms with Crippen LogP contribution in [0.4, 0.5) is 0 Å². The van der Waals surface area contributed by atoms with Crippen LogP contribution in [0.2, 0.25) is 0 Å². The van der Waals surface area contributed by atoms with Crippen LogP contribution in [-0.2, 0) is 4.79 Å². The van der Waals surface area contributed by atoms with E-state index >= 15 is 0 Å². The second-order valence-corrected chi connectivity index (χ2v) is 7.15. The fourth-order valence-electron chi connectivity index (χ4n) is 4.20. The van der Waals surface area contributed by atoms with Crippen molar-refractivity contribution in [2.75, 3.05) is 47.3 Å². The maximum Gasteiger partial charge on any atom is 0.236 e. The average molecular weight is 301 g/mol. The van der Waals surface area contributed by atoms with Gasteiger partial charge in [0.15, 0.2) is 0 Å². The summed E-state index contributed by atoms with van der Waals surface area (Å²) >= 11 is 0. The summed E-state index contributed by atoms with van der Waals surface area (Å²) in [5.41, 5.74) is 2.83. The molecule has 1 amide bonds. The smallest absolute Gasteiger partial charge is 0.236 e. The van der Waals surface area contributed by atoms with E-state index in [1.807, 2.05) is 14.1 Å². The minimum absolute atomic E-state index is 0.209. The van der Waals surface area contributed by atoms with E-state index in [9.17, 15) is 4.79 Å². The van der Waals surface area contributed by atoms with Crippen molar-refractivity contribution in [3.8, 4) is 0 Å². The Bertz CT molecular complexity index is 557. The number of hydrogen-bond acceptors (Lipinski definition) is 3. The lowest BCUT2D eigenvalue weighted by Gasteiger charge is -2.28. The highest BCUT2D eigenvalue weighted by atomic mass is 16.2. The van der Waals surface area contributed by atoms with E-state index < -0.39 is 0 Å². The van der Waals surface area contributed by atoms with Crippen LogP contribution in [-0.4, -0.2) is 67.9 Å². The highest BCUT2D eigenvalue weighted by Gasteiger charge is 2.46. The molecule has 4 heteroatoms. The number of likely N-dealkylation sites (tertiary alicyclic amines) is 2. The number of rotatable bonds is 3. The van der Waals surface area contributed by atoms with Gasteiger partial charge in [0.2, 0.25) is 5.91 Å². The Morgan fingerprint density at radius 1 is 1.23 bits per heavy atom. The van der Waals surface area contributed by atoms with Crippen LogP contribution in [0.25, 0.3) is 0 Å². The van der Waals surface area contributed by atoms with Crippen LogP contribution >= 0.6 is 0 Å². The van der Waals surface area contributed by atoms with Gasteiger partial charge in [-0.05, 0) is 36.9 Å². The van der Waals surface area contributed by atoms with E-state index in [4.69, 9.17) is 0 Å². The van der Waals surface area contributed by atoms with Crippen molar-refractivity contribution in [1.82, 2.24) is 14.7 Å². The maximum atomic E-state index is 12.0. The highest BCUT2D eigenvalue weighted by Crippen LogP contribution is 2.44. The first-order chi connectivity index (χ1) is 10.5. The first-order valence-electron chi connectivity index (χ1n) is 8.15. The number of carbonyl (C=O) groups excluding carboxylic acids is 1. The topological polar surface area (TPSA) is 26.8 Å². The molecule has 1 aromatic carbocycles. The Balaban J connectivity index is 1.75. The Morgan fingerprint density at radius 3 is 2.64 bits per heavy atom.